The van der Waals surface area contributed by atoms with Crippen LogP contribution in [0.25, 0.3) is 0 Å². The van der Waals surface area contributed by atoms with Crippen LogP contribution >= 0.6 is 11.8 Å². The first-order chi connectivity index (χ1) is 8.10. The van der Waals surface area contributed by atoms with Gasteiger partial charge in [-0.3, -0.25) is 4.79 Å². The summed E-state index contributed by atoms with van der Waals surface area (Å²) in [7, 11) is 1.79. The van der Waals surface area contributed by atoms with Gasteiger partial charge in [0, 0.05) is 19.7 Å². The molecule has 0 spiro atoms. The van der Waals surface area contributed by atoms with Gasteiger partial charge in [-0.2, -0.15) is 0 Å². The Kier molecular flexibility index (Phi) is 5.02. The second-order valence-electron chi connectivity index (χ2n) is 3.33. The Morgan fingerprint density at radius 2 is 2.29 bits per heavy atom. The summed E-state index contributed by atoms with van der Waals surface area (Å²) >= 11 is 1.45. The van der Waals surface area contributed by atoms with Crippen molar-refractivity contribution in [3.05, 3.63) is 6.07 Å². The number of nitrogens with one attached hydrogen (secondary N) is 1. The van der Waals surface area contributed by atoms with Crippen molar-refractivity contribution in [2.75, 3.05) is 36.6 Å². The minimum absolute atomic E-state index is 0.157. The summed E-state index contributed by atoms with van der Waals surface area (Å²) in [6, 6.07) is 1.80. The number of anilines is 2. The molecule has 1 heterocycles. The number of nitrogens with zero attached hydrogens (tertiary/aromatic N) is 3. The smallest absolute Gasteiger partial charge is 0.236 e. The molecule has 6 nitrogen and oxygen atoms in total. The molecule has 0 atom stereocenters. The molecule has 0 aliphatic rings. The molecule has 1 aromatic rings. The van der Waals surface area contributed by atoms with Crippen molar-refractivity contribution in [2.45, 2.75) is 12.1 Å². The van der Waals surface area contributed by atoms with E-state index in [0.29, 0.717) is 17.5 Å². The third-order valence-electron chi connectivity index (χ3n) is 2.18. The largest absolute Gasteiger partial charge is 0.373 e. The van der Waals surface area contributed by atoms with E-state index in [-0.39, 0.29) is 12.5 Å². The van der Waals surface area contributed by atoms with Crippen LogP contribution in [0.15, 0.2) is 11.2 Å². The van der Waals surface area contributed by atoms with Gasteiger partial charge in [0.2, 0.25) is 5.91 Å². The Bertz CT molecular complexity index is 376. The summed E-state index contributed by atoms with van der Waals surface area (Å²) in [5, 5.41) is 3.63. The van der Waals surface area contributed by atoms with Gasteiger partial charge in [0.15, 0.2) is 5.16 Å². The average Bonchev–Trinajstić information content (AvgIpc) is 2.34. The number of carbonyl (C=O) groups is 1. The summed E-state index contributed by atoms with van der Waals surface area (Å²) < 4.78 is 0. The van der Waals surface area contributed by atoms with Gasteiger partial charge >= 0.3 is 0 Å². The molecule has 0 aliphatic carbocycles. The summed E-state index contributed by atoms with van der Waals surface area (Å²) in [6.45, 7) is 2.77. The molecule has 0 saturated heterocycles. The fourth-order valence-electron chi connectivity index (χ4n) is 1.34. The number of thioether (sulfide) groups is 1. The maximum atomic E-state index is 11.0. The van der Waals surface area contributed by atoms with E-state index in [1.54, 1.807) is 13.1 Å². The number of amides is 1. The van der Waals surface area contributed by atoms with Gasteiger partial charge in [0.05, 0.1) is 6.54 Å². The number of primary amides is 1. The molecule has 0 radical (unpaired) electrons. The first-order valence-electron chi connectivity index (χ1n) is 5.24. The molecular formula is C10H17N5OS. The molecule has 3 N–H and O–H groups in total. The highest BCUT2D eigenvalue weighted by Crippen LogP contribution is 2.19. The lowest BCUT2D eigenvalue weighted by Gasteiger charge is -2.20. The molecule has 7 heteroatoms. The van der Waals surface area contributed by atoms with Crippen LogP contribution in [0.4, 0.5) is 11.6 Å². The number of nitrogens with two attached hydrogens (primary N) is 1. The number of likely N-dealkylation sites (N-methyl/N-ethyl adjacent to an activating group) is 1. The fourth-order valence-corrected chi connectivity index (χ4v) is 1.71. The molecule has 0 fully saturated rings. The first-order valence-corrected chi connectivity index (χ1v) is 6.47. The van der Waals surface area contributed by atoms with Crippen molar-refractivity contribution in [1.82, 2.24) is 9.97 Å². The van der Waals surface area contributed by atoms with E-state index in [0.717, 1.165) is 5.82 Å². The summed E-state index contributed by atoms with van der Waals surface area (Å²) in [4.78, 5) is 21.4. The normalized spacial score (nSPS) is 10.1. The number of hydrogen-bond donors (Lipinski definition) is 2. The summed E-state index contributed by atoms with van der Waals surface area (Å²) in [5.74, 6) is 1.06. The van der Waals surface area contributed by atoms with Crippen LogP contribution in [0.2, 0.25) is 0 Å². The van der Waals surface area contributed by atoms with Gasteiger partial charge in [-0.05, 0) is 13.2 Å². The molecule has 0 saturated carbocycles. The lowest BCUT2D eigenvalue weighted by atomic mass is 10.4. The zero-order chi connectivity index (χ0) is 12.8. The van der Waals surface area contributed by atoms with Crippen LogP contribution < -0.4 is 16.0 Å². The van der Waals surface area contributed by atoms with Crippen LogP contribution in [0.5, 0.6) is 0 Å². The molecule has 17 heavy (non-hydrogen) atoms. The number of rotatable bonds is 6. The first kappa shape index (κ1) is 13.6. The summed E-state index contributed by atoms with van der Waals surface area (Å²) in [6.07, 6.45) is 1.91. The average molecular weight is 255 g/mol. The predicted octanol–water partition coefficient (Wildman–Crippen LogP) is 0.552. The quantitative estimate of drug-likeness (QED) is 0.570. The fraction of sp³-hybridized carbons (Fsp3) is 0.500. The highest BCUT2D eigenvalue weighted by molar-refractivity contribution is 7.98. The summed E-state index contributed by atoms with van der Waals surface area (Å²) in [5.41, 5.74) is 5.20. The van der Waals surface area contributed by atoms with Crippen molar-refractivity contribution < 1.29 is 4.79 Å². The second-order valence-corrected chi connectivity index (χ2v) is 4.10. The van der Waals surface area contributed by atoms with Crippen molar-refractivity contribution >= 4 is 29.3 Å². The topological polar surface area (TPSA) is 84.1 Å². The Morgan fingerprint density at radius 1 is 1.59 bits per heavy atom. The third-order valence-corrected chi connectivity index (χ3v) is 2.73. The van der Waals surface area contributed by atoms with E-state index in [1.165, 1.54) is 11.8 Å². The van der Waals surface area contributed by atoms with E-state index >= 15 is 0 Å². The number of aromatic nitrogens is 2. The van der Waals surface area contributed by atoms with E-state index in [9.17, 15) is 4.79 Å². The van der Waals surface area contributed by atoms with Gasteiger partial charge in [-0.15, -0.1) is 0 Å². The lowest BCUT2D eigenvalue weighted by molar-refractivity contribution is -0.116. The predicted molar refractivity (Wildman–Crippen MR) is 70.4 cm³/mol. The van der Waals surface area contributed by atoms with Gasteiger partial charge in [-0.1, -0.05) is 11.8 Å². The second kappa shape index (κ2) is 6.29. The highest BCUT2D eigenvalue weighted by Gasteiger charge is 2.11. The standard InChI is InChI=1S/C10H17N5OS/c1-4-15(6-7(11)16)9-5-8(12-2)13-10(14-9)17-3/h5H,4,6H2,1-3H3,(H2,11,16)(H,12,13,14). The van der Waals surface area contributed by atoms with Gasteiger partial charge in [0.25, 0.3) is 0 Å². The SMILES string of the molecule is CCN(CC(N)=O)c1cc(NC)nc(SC)n1. The molecule has 1 amide bonds. The molecule has 0 unspecified atom stereocenters. The van der Waals surface area contributed by atoms with Crippen LogP contribution in [0.3, 0.4) is 0 Å². The Morgan fingerprint density at radius 3 is 2.76 bits per heavy atom. The Labute approximate surface area is 105 Å². The maximum absolute atomic E-state index is 11.0. The van der Waals surface area contributed by atoms with Crippen LogP contribution in [-0.2, 0) is 4.79 Å². The van der Waals surface area contributed by atoms with E-state index in [2.05, 4.69) is 15.3 Å². The third kappa shape index (κ3) is 3.77. The molecule has 0 aliphatic heterocycles. The molecule has 0 aromatic carbocycles. The van der Waals surface area contributed by atoms with Crippen LogP contribution in [0.1, 0.15) is 6.92 Å². The minimum Gasteiger partial charge on any atom is -0.373 e. The van der Waals surface area contributed by atoms with Crippen molar-refractivity contribution in [2.24, 2.45) is 5.73 Å². The highest BCUT2D eigenvalue weighted by atomic mass is 32.2. The van der Waals surface area contributed by atoms with E-state index in [1.807, 2.05) is 18.1 Å². The van der Waals surface area contributed by atoms with Gasteiger partial charge in [0.1, 0.15) is 11.6 Å². The van der Waals surface area contributed by atoms with Crippen molar-refractivity contribution in [3.63, 3.8) is 0 Å². The lowest BCUT2D eigenvalue weighted by Crippen LogP contribution is -2.34. The molecule has 1 aromatic heterocycles. The van der Waals surface area contributed by atoms with E-state index < -0.39 is 0 Å². The van der Waals surface area contributed by atoms with Gasteiger partial charge in [-0.25, -0.2) is 9.97 Å². The van der Waals surface area contributed by atoms with Gasteiger partial charge < -0.3 is 16.0 Å². The molecule has 0 bridgehead atoms. The zero-order valence-electron chi connectivity index (χ0n) is 10.2. The molecule has 1 rings (SSSR count). The zero-order valence-corrected chi connectivity index (χ0v) is 11.0. The van der Waals surface area contributed by atoms with Crippen molar-refractivity contribution in [1.29, 1.82) is 0 Å². The minimum atomic E-state index is -0.373. The van der Waals surface area contributed by atoms with Crippen LogP contribution in [0, 0.1) is 0 Å². The maximum Gasteiger partial charge on any atom is 0.236 e. The number of hydrogen-bond acceptors (Lipinski definition) is 6. The van der Waals surface area contributed by atoms with Crippen LogP contribution in [-0.4, -0.2) is 42.3 Å². The van der Waals surface area contributed by atoms with Crippen molar-refractivity contribution in [3.8, 4) is 0 Å². The Hall–Kier alpha value is -1.50. The van der Waals surface area contributed by atoms with E-state index in [4.69, 9.17) is 5.73 Å². The monoisotopic (exact) mass is 255 g/mol. The Balaban J connectivity index is 3.04. The molecule has 94 valence electrons. The molecular weight excluding hydrogens is 238 g/mol. The number of carbonyl (C=O) groups excluding carboxylic acids is 1.